The molecule has 0 aromatic heterocycles. The number of carbonyl (C=O) groups excluding carboxylic acids is 2. The van der Waals surface area contributed by atoms with Gasteiger partial charge in [-0.2, -0.15) is 0 Å². The Morgan fingerprint density at radius 1 is 1.15 bits per heavy atom. The molecule has 0 heterocycles. The van der Waals surface area contributed by atoms with E-state index in [9.17, 15) is 9.59 Å². The molecule has 2 aromatic rings. The highest BCUT2D eigenvalue weighted by molar-refractivity contribution is 6.02. The molecule has 0 aliphatic rings. The summed E-state index contributed by atoms with van der Waals surface area (Å²) in [6, 6.07) is 12.5. The molecule has 0 saturated heterocycles. The summed E-state index contributed by atoms with van der Waals surface area (Å²) in [6.07, 6.45) is 3.13. The van der Waals surface area contributed by atoms with Crippen LogP contribution in [0.1, 0.15) is 18.1 Å². The van der Waals surface area contributed by atoms with Gasteiger partial charge in [0.2, 0.25) is 5.91 Å². The van der Waals surface area contributed by atoms with E-state index in [1.807, 2.05) is 25.1 Å². The molecule has 2 rings (SSSR count). The minimum Gasteiger partial charge on any atom is -0.496 e. The first-order chi connectivity index (χ1) is 13.0. The number of hydrogen-bond donors (Lipinski definition) is 1. The summed E-state index contributed by atoms with van der Waals surface area (Å²) in [4.78, 5) is 23.5. The minimum absolute atomic E-state index is 0.182. The lowest BCUT2D eigenvalue weighted by Crippen LogP contribution is -2.14. The van der Waals surface area contributed by atoms with Gasteiger partial charge >= 0.3 is 5.97 Å². The Bertz CT molecular complexity index is 829. The number of hydrogen-bond acceptors (Lipinski definition) is 5. The first kappa shape index (κ1) is 20.0. The maximum absolute atomic E-state index is 12.2. The molecule has 0 aliphatic heterocycles. The van der Waals surface area contributed by atoms with Gasteiger partial charge in [0.25, 0.3) is 0 Å². The summed E-state index contributed by atoms with van der Waals surface area (Å²) in [7, 11) is 1.59. The summed E-state index contributed by atoms with van der Waals surface area (Å²) in [6.45, 7) is 3.82. The molecule has 1 amide bonds. The molecule has 6 nitrogen and oxygen atoms in total. The van der Waals surface area contributed by atoms with Crippen LogP contribution in [0.5, 0.6) is 11.5 Å². The monoisotopic (exact) mass is 369 g/mol. The Labute approximate surface area is 158 Å². The van der Waals surface area contributed by atoms with E-state index >= 15 is 0 Å². The third kappa shape index (κ3) is 6.51. The smallest absolute Gasteiger partial charge is 0.344 e. The highest BCUT2D eigenvalue weighted by Crippen LogP contribution is 2.21. The highest BCUT2D eigenvalue weighted by Gasteiger charge is 2.05. The number of aryl methyl sites for hydroxylation is 1. The predicted molar refractivity (Wildman–Crippen MR) is 104 cm³/mol. The molecule has 0 bridgehead atoms. The van der Waals surface area contributed by atoms with E-state index in [0.29, 0.717) is 23.8 Å². The van der Waals surface area contributed by atoms with Crippen molar-refractivity contribution in [3.05, 3.63) is 59.7 Å². The van der Waals surface area contributed by atoms with Crippen LogP contribution < -0.4 is 14.8 Å². The van der Waals surface area contributed by atoms with E-state index in [1.165, 1.54) is 6.08 Å². The Balaban J connectivity index is 1.98. The van der Waals surface area contributed by atoms with E-state index in [2.05, 4.69) is 5.32 Å². The molecule has 0 fully saturated rings. The fraction of sp³-hybridized carbons (Fsp3) is 0.238. The van der Waals surface area contributed by atoms with Crippen LogP contribution in [0.2, 0.25) is 0 Å². The zero-order valence-corrected chi connectivity index (χ0v) is 15.7. The molecule has 0 aliphatic carbocycles. The number of ether oxygens (including phenoxy) is 3. The lowest BCUT2D eigenvalue weighted by molar-refractivity contribution is -0.145. The standard InChI is InChI=1S/C21H23NO5/c1-4-26-21(24)14-27-18-7-5-6-17(13-18)22-20(23)11-9-16-12-15(2)8-10-19(16)25-3/h5-13H,4,14H2,1-3H3,(H,22,23)/b11-9+. The number of benzene rings is 2. The Morgan fingerprint density at radius 3 is 2.70 bits per heavy atom. The molecular weight excluding hydrogens is 346 g/mol. The summed E-state index contributed by atoms with van der Waals surface area (Å²) < 4.78 is 15.5. The minimum atomic E-state index is -0.443. The summed E-state index contributed by atoms with van der Waals surface area (Å²) >= 11 is 0. The van der Waals surface area contributed by atoms with Gasteiger partial charge < -0.3 is 19.5 Å². The molecule has 0 atom stereocenters. The number of carbonyl (C=O) groups is 2. The molecule has 6 heteroatoms. The molecule has 0 radical (unpaired) electrons. The topological polar surface area (TPSA) is 73.9 Å². The number of nitrogens with one attached hydrogen (secondary N) is 1. The van der Waals surface area contributed by atoms with Gasteiger partial charge in [-0.3, -0.25) is 4.79 Å². The maximum atomic E-state index is 12.2. The van der Waals surface area contributed by atoms with Crippen LogP contribution in [0.25, 0.3) is 6.08 Å². The van der Waals surface area contributed by atoms with Crippen LogP contribution in [0, 0.1) is 6.92 Å². The lowest BCUT2D eigenvalue weighted by atomic mass is 10.1. The van der Waals surface area contributed by atoms with Crippen LogP contribution in [-0.4, -0.2) is 32.2 Å². The first-order valence-corrected chi connectivity index (χ1v) is 8.54. The molecule has 27 heavy (non-hydrogen) atoms. The fourth-order valence-electron chi connectivity index (χ4n) is 2.34. The van der Waals surface area contributed by atoms with Crippen molar-refractivity contribution in [1.29, 1.82) is 0 Å². The van der Waals surface area contributed by atoms with Crippen LogP contribution in [0.15, 0.2) is 48.5 Å². The number of anilines is 1. The van der Waals surface area contributed by atoms with Crippen LogP contribution in [-0.2, 0) is 14.3 Å². The molecule has 0 saturated carbocycles. The quantitative estimate of drug-likeness (QED) is 0.568. The first-order valence-electron chi connectivity index (χ1n) is 8.54. The highest BCUT2D eigenvalue weighted by atomic mass is 16.6. The van der Waals surface area contributed by atoms with Crippen LogP contribution >= 0.6 is 0 Å². The zero-order chi connectivity index (χ0) is 19.6. The van der Waals surface area contributed by atoms with Crippen molar-refractivity contribution in [3.8, 4) is 11.5 Å². The largest absolute Gasteiger partial charge is 0.496 e. The van der Waals surface area contributed by atoms with Crippen molar-refractivity contribution >= 4 is 23.6 Å². The van der Waals surface area contributed by atoms with Gasteiger partial charge in [-0.25, -0.2) is 4.79 Å². The van der Waals surface area contributed by atoms with Gasteiger partial charge in [0.05, 0.1) is 13.7 Å². The van der Waals surface area contributed by atoms with Crippen molar-refractivity contribution in [2.45, 2.75) is 13.8 Å². The van der Waals surface area contributed by atoms with E-state index in [-0.39, 0.29) is 12.5 Å². The second-order valence-corrected chi connectivity index (χ2v) is 5.69. The van der Waals surface area contributed by atoms with Crippen LogP contribution in [0.4, 0.5) is 5.69 Å². The summed E-state index contributed by atoms with van der Waals surface area (Å²) in [5.41, 5.74) is 2.45. The fourth-order valence-corrected chi connectivity index (χ4v) is 2.34. The number of amides is 1. The van der Waals surface area contributed by atoms with Crippen molar-refractivity contribution in [3.63, 3.8) is 0 Å². The number of methoxy groups -OCH3 is 1. The summed E-state index contributed by atoms with van der Waals surface area (Å²) in [5.74, 6) is 0.423. The van der Waals surface area contributed by atoms with E-state index < -0.39 is 5.97 Å². The van der Waals surface area contributed by atoms with Gasteiger partial charge in [0.1, 0.15) is 11.5 Å². The lowest BCUT2D eigenvalue weighted by Gasteiger charge is -2.08. The SMILES string of the molecule is CCOC(=O)COc1cccc(NC(=O)/C=C/c2cc(C)ccc2OC)c1. The van der Waals surface area contributed by atoms with Gasteiger partial charge in [-0.15, -0.1) is 0 Å². The molecule has 2 aromatic carbocycles. The summed E-state index contributed by atoms with van der Waals surface area (Å²) in [5, 5.41) is 2.75. The predicted octanol–water partition coefficient (Wildman–Crippen LogP) is 3.60. The second-order valence-electron chi connectivity index (χ2n) is 5.69. The van der Waals surface area contributed by atoms with Crippen molar-refractivity contribution < 1.29 is 23.8 Å². The molecule has 142 valence electrons. The number of rotatable bonds is 8. The Kier molecular flexibility index (Phi) is 7.43. The van der Waals surface area contributed by atoms with Crippen molar-refractivity contribution in [2.24, 2.45) is 0 Å². The molecule has 0 unspecified atom stereocenters. The second kappa shape index (κ2) is 10.0. The Morgan fingerprint density at radius 2 is 1.96 bits per heavy atom. The normalized spacial score (nSPS) is 10.5. The third-order valence-electron chi connectivity index (χ3n) is 3.56. The van der Waals surface area contributed by atoms with Crippen molar-refractivity contribution in [2.75, 3.05) is 25.6 Å². The average molecular weight is 369 g/mol. The average Bonchev–Trinajstić information content (AvgIpc) is 2.65. The van der Waals surface area contributed by atoms with Gasteiger partial charge in [0.15, 0.2) is 6.61 Å². The molecule has 0 spiro atoms. The zero-order valence-electron chi connectivity index (χ0n) is 15.7. The third-order valence-corrected chi connectivity index (χ3v) is 3.56. The number of esters is 1. The maximum Gasteiger partial charge on any atom is 0.344 e. The van der Waals surface area contributed by atoms with Crippen LogP contribution in [0.3, 0.4) is 0 Å². The van der Waals surface area contributed by atoms with Gasteiger partial charge in [0, 0.05) is 23.4 Å². The van der Waals surface area contributed by atoms with Gasteiger partial charge in [-0.1, -0.05) is 17.7 Å². The van der Waals surface area contributed by atoms with Crippen molar-refractivity contribution in [1.82, 2.24) is 0 Å². The Hall–Kier alpha value is -3.28. The van der Waals surface area contributed by atoms with E-state index in [1.54, 1.807) is 44.4 Å². The van der Waals surface area contributed by atoms with E-state index in [4.69, 9.17) is 14.2 Å². The van der Waals surface area contributed by atoms with E-state index in [0.717, 1.165) is 11.1 Å². The van der Waals surface area contributed by atoms with Gasteiger partial charge in [-0.05, 0) is 44.2 Å². The molecule has 1 N–H and O–H groups in total. The molecular formula is C21H23NO5.